The largest absolute Gasteiger partial charge is 0.278 e. The fraction of sp³-hybridized carbons (Fsp3) is 0.111. The second-order valence-corrected chi connectivity index (χ2v) is 8.18. The first-order chi connectivity index (χ1) is 15.0. The van der Waals surface area contributed by atoms with Gasteiger partial charge in [-0.15, -0.1) is 0 Å². The maximum atomic E-state index is 13.3. The first-order valence-electron chi connectivity index (χ1n) is 9.97. The van der Waals surface area contributed by atoms with E-state index >= 15 is 0 Å². The van der Waals surface area contributed by atoms with E-state index < -0.39 is 10.0 Å². The number of anilines is 1. The molecule has 0 heterocycles. The molecular formula is C27H27NO2S. The van der Waals surface area contributed by atoms with Gasteiger partial charge in [0.1, 0.15) is 0 Å². The van der Waals surface area contributed by atoms with Crippen LogP contribution < -0.4 is 4.72 Å². The molecule has 0 aliphatic carbocycles. The summed E-state index contributed by atoms with van der Waals surface area (Å²) in [6, 6.07) is 12.3. The lowest BCUT2D eigenvalue weighted by Crippen LogP contribution is -2.16. The van der Waals surface area contributed by atoms with Crippen molar-refractivity contribution in [2.45, 2.75) is 25.2 Å². The number of nitrogens with one attached hydrogen (secondary N) is 1. The monoisotopic (exact) mass is 429 g/mol. The number of benzene rings is 2. The Morgan fingerprint density at radius 2 is 1.87 bits per heavy atom. The van der Waals surface area contributed by atoms with Gasteiger partial charge in [0.15, 0.2) is 0 Å². The van der Waals surface area contributed by atoms with Crippen molar-refractivity contribution < 1.29 is 8.42 Å². The van der Waals surface area contributed by atoms with Gasteiger partial charge in [-0.3, -0.25) is 4.72 Å². The SMILES string of the molecule is C=C/C=C\c1cccc(S(=O)(=O)Nc2ccccc2C#C/C(C=C)=C/C=C\C)c1CC. The zero-order chi connectivity index (χ0) is 22.7. The zero-order valence-electron chi connectivity index (χ0n) is 17.9. The van der Waals surface area contributed by atoms with Crippen LogP contribution in [-0.2, 0) is 16.4 Å². The fourth-order valence-corrected chi connectivity index (χ4v) is 4.34. The highest BCUT2D eigenvalue weighted by Crippen LogP contribution is 2.25. The van der Waals surface area contributed by atoms with Gasteiger partial charge >= 0.3 is 0 Å². The molecule has 0 spiro atoms. The first-order valence-corrected chi connectivity index (χ1v) is 11.4. The van der Waals surface area contributed by atoms with Gasteiger partial charge in [0, 0.05) is 11.1 Å². The van der Waals surface area contributed by atoms with Gasteiger partial charge in [-0.25, -0.2) is 8.42 Å². The standard InChI is InChI=1S/C27H27NO2S/c1-5-9-14-22(7-3)20-21-24-16-11-12-18-26(24)28-31(29,30)27-19-13-17-23(15-10-6-2)25(27)8-4/h5-7,9-19,28H,2-3,8H2,1,4H3/b9-5-,15-10-,22-14+. The molecule has 0 aliphatic rings. The summed E-state index contributed by atoms with van der Waals surface area (Å²) in [5.74, 6) is 6.07. The third-order valence-corrected chi connectivity index (χ3v) is 5.88. The van der Waals surface area contributed by atoms with E-state index in [1.54, 1.807) is 48.6 Å². The summed E-state index contributed by atoms with van der Waals surface area (Å²) in [5.41, 5.74) is 3.35. The number of para-hydroxylation sites is 1. The van der Waals surface area contributed by atoms with Gasteiger partial charge in [-0.2, -0.15) is 0 Å². The Morgan fingerprint density at radius 3 is 2.55 bits per heavy atom. The average molecular weight is 430 g/mol. The minimum Gasteiger partial charge on any atom is -0.278 e. The van der Waals surface area contributed by atoms with Gasteiger partial charge in [-0.05, 0) is 48.7 Å². The van der Waals surface area contributed by atoms with Crippen LogP contribution in [0.3, 0.4) is 0 Å². The molecule has 0 aliphatic heterocycles. The second kappa shape index (κ2) is 11.6. The van der Waals surface area contributed by atoms with Crippen LogP contribution in [0.25, 0.3) is 6.08 Å². The molecular weight excluding hydrogens is 402 g/mol. The predicted molar refractivity (Wildman–Crippen MR) is 132 cm³/mol. The summed E-state index contributed by atoms with van der Waals surface area (Å²) in [4.78, 5) is 0.253. The van der Waals surface area contributed by atoms with E-state index in [-0.39, 0.29) is 4.90 Å². The first kappa shape index (κ1) is 23.7. The Kier molecular flexibility index (Phi) is 8.87. The highest BCUT2D eigenvalue weighted by Gasteiger charge is 2.20. The van der Waals surface area contributed by atoms with E-state index in [0.717, 1.165) is 16.7 Å². The van der Waals surface area contributed by atoms with Crippen molar-refractivity contribution in [3.8, 4) is 11.8 Å². The molecule has 0 bridgehead atoms. The predicted octanol–water partition coefficient (Wildman–Crippen LogP) is 6.29. The van der Waals surface area contributed by atoms with Crippen LogP contribution in [0.5, 0.6) is 0 Å². The Bertz CT molecular complexity index is 1200. The van der Waals surface area contributed by atoms with Crippen molar-refractivity contribution in [1.29, 1.82) is 0 Å². The Balaban J connectivity index is 2.48. The van der Waals surface area contributed by atoms with Gasteiger partial charge in [0.25, 0.3) is 10.0 Å². The molecule has 3 nitrogen and oxygen atoms in total. The molecule has 0 radical (unpaired) electrons. The summed E-state index contributed by atoms with van der Waals surface area (Å²) in [7, 11) is -3.81. The lowest BCUT2D eigenvalue weighted by molar-refractivity contribution is 0.600. The van der Waals surface area contributed by atoms with E-state index in [1.165, 1.54) is 0 Å². The van der Waals surface area contributed by atoms with Crippen LogP contribution in [0.15, 0.2) is 103 Å². The molecule has 0 amide bonds. The van der Waals surface area contributed by atoms with Crippen molar-refractivity contribution in [2.75, 3.05) is 4.72 Å². The van der Waals surface area contributed by atoms with Crippen molar-refractivity contribution in [3.63, 3.8) is 0 Å². The molecule has 2 aromatic rings. The molecule has 0 fully saturated rings. The number of rotatable bonds is 8. The van der Waals surface area contributed by atoms with Gasteiger partial charge in [0.05, 0.1) is 10.6 Å². The van der Waals surface area contributed by atoms with E-state index in [9.17, 15) is 8.42 Å². The number of allylic oxidation sites excluding steroid dienone is 7. The summed E-state index contributed by atoms with van der Waals surface area (Å²) in [6.45, 7) is 11.3. The summed E-state index contributed by atoms with van der Waals surface area (Å²) in [5, 5.41) is 0. The number of sulfonamides is 1. The zero-order valence-corrected chi connectivity index (χ0v) is 18.7. The Morgan fingerprint density at radius 1 is 1.10 bits per heavy atom. The van der Waals surface area contributed by atoms with E-state index in [1.807, 2.05) is 50.3 Å². The second-order valence-electron chi connectivity index (χ2n) is 6.53. The normalized spacial score (nSPS) is 11.9. The summed E-state index contributed by atoms with van der Waals surface area (Å²) >= 11 is 0. The van der Waals surface area contributed by atoms with E-state index in [2.05, 4.69) is 29.7 Å². The fourth-order valence-electron chi connectivity index (χ4n) is 2.92. The Labute approximate surface area is 186 Å². The third-order valence-electron chi connectivity index (χ3n) is 4.43. The molecule has 0 aromatic heterocycles. The minimum absolute atomic E-state index is 0.253. The van der Waals surface area contributed by atoms with Crippen LogP contribution in [0, 0.1) is 11.8 Å². The van der Waals surface area contributed by atoms with Crippen molar-refractivity contribution >= 4 is 21.8 Å². The van der Waals surface area contributed by atoms with Gasteiger partial charge in [0.2, 0.25) is 0 Å². The highest BCUT2D eigenvalue weighted by molar-refractivity contribution is 7.92. The van der Waals surface area contributed by atoms with E-state index in [4.69, 9.17) is 0 Å². The smallest absolute Gasteiger partial charge is 0.262 e. The van der Waals surface area contributed by atoms with Gasteiger partial charge < -0.3 is 0 Å². The maximum Gasteiger partial charge on any atom is 0.262 e. The lowest BCUT2D eigenvalue weighted by atomic mass is 10.0. The molecule has 158 valence electrons. The molecule has 2 aromatic carbocycles. The van der Waals surface area contributed by atoms with Crippen molar-refractivity contribution in [1.82, 2.24) is 0 Å². The molecule has 0 unspecified atom stereocenters. The molecule has 31 heavy (non-hydrogen) atoms. The lowest BCUT2D eigenvalue weighted by Gasteiger charge is -2.14. The van der Waals surface area contributed by atoms with Crippen LogP contribution >= 0.6 is 0 Å². The topological polar surface area (TPSA) is 46.2 Å². The minimum atomic E-state index is -3.81. The number of hydrogen-bond acceptors (Lipinski definition) is 2. The van der Waals surface area contributed by atoms with Crippen LogP contribution in [-0.4, -0.2) is 8.42 Å². The molecule has 0 saturated carbocycles. The average Bonchev–Trinajstić information content (AvgIpc) is 2.78. The van der Waals surface area contributed by atoms with Crippen LogP contribution in [0.1, 0.15) is 30.5 Å². The molecule has 1 N–H and O–H groups in total. The third kappa shape index (κ3) is 6.47. The highest BCUT2D eigenvalue weighted by atomic mass is 32.2. The Hall–Kier alpha value is -3.55. The molecule has 4 heteroatoms. The quantitative estimate of drug-likeness (QED) is 0.396. The number of hydrogen-bond donors (Lipinski definition) is 1. The van der Waals surface area contributed by atoms with Crippen molar-refractivity contribution in [3.05, 3.63) is 114 Å². The molecule has 2 rings (SSSR count). The van der Waals surface area contributed by atoms with Gasteiger partial charge in [-0.1, -0.05) is 92.6 Å². The molecule has 0 saturated heterocycles. The maximum absolute atomic E-state index is 13.3. The van der Waals surface area contributed by atoms with E-state index in [0.29, 0.717) is 17.7 Å². The van der Waals surface area contributed by atoms with Crippen LogP contribution in [0.4, 0.5) is 5.69 Å². The van der Waals surface area contributed by atoms with Crippen molar-refractivity contribution in [2.24, 2.45) is 0 Å². The summed E-state index contributed by atoms with van der Waals surface area (Å²) in [6.07, 6.45) is 13.2. The van der Waals surface area contributed by atoms with Crippen LogP contribution in [0.2, 0.25) is 0 Å². The molecule has 0 atom stereocenters. The summed E-state index contributed by atoms with van der Waals surface area (Å²) < 4.78 is 29.2.